The zero-order chi connectivity index (χ0) is 9.84. The van der Waals surface area contributed by atoms with E-state index in [-0.39, 0.29) is 11.5 Å². The Bertz CT molecular complexity index is 367. The Balaban J connectivity index is 2.84. The zero-order valence-electron chi connectivity index (χ0n) is 7.36. The Labute approximate surface area is 75.4 Å². The molecule has 1 N–H and O–H groups in total. The Morgan fingerprint density at radius 2 is 2.31 bits per heavy atom. The van der Waals surface area contributed by atoms with Gasteiger partial charge in [-0.2, -0.15) is 0 Å². The lowest BCUT2D eigenvalue weighted by molar-refractivity contribution is -0.117. The van der Waals surface area contributed by atoms with E-state index in [1.165, 1.54) is 17.6 Å². The predicted octanol–water partition coefficient (Wildman–Crippen LogP) is 0.533. The summed E-state index contributed by atoms with van der Waals surface area (Å²) in [6.07, 6.45) is 1.86. The molecule has 1 rings (SSSR count). The van der Waals surface area contributed by atoms with Crippen molar-refractivity contribution < 1.29 is 9.90 Å². The van der Waals surface area contributed by atoms with Crippen LogP contribution in [0.25, 0.3) is 0 Å². The van der Waals surface area contributed by atoms with Crippen LogP contribution in [0.5, 0.6) is 5.75 Å². The second-order valence-electron chi connectivity index (χ2n) is 2.84. The SMILES string of the molecule is CC(=O)CCn1cccc(O)c1=O. The van der Waals surface area contributed by atoms with Crippen LogP contribution in [0.1, 0.15) is 13.3 Å². The second-order valence-corrected chi connectivity index (χ2v) is 2.84. The molecule has 4 nitrogen and oxygen atoms in total. The summed E-state index contributed by atoms with van der Waals surface area (Å²) < 4.78 is 1.32. The van der Waals surface area contributed by atoms with Gasteiger partial charge in [-0.15, -0.1) is 0 Å². The fraction of sp³-hybridized carbons (Fsp3) is 0.333. The van der Waals surface area contributed by atoms with Gasteiger partial charge in [-0.05, 0) is 19.1 Å². The number of hydrogen-bond acceptors (Lipinski definition) is 3. The number of aryl methyl sites for hydroxylation is 1. The summed E-state index contributed by atoms with van der Waals surface area (Å²) in [6, 6.07) is 2.89. The Hall–Kier alpha value is -1.58. The van der Waals surface area contributed by atoms with Gasteiger partial charge in [0, 0.05) is 19.2 Å². The molecule has 0 atom stereocenters. The summed E-state index contributed by atoms with van der Waals surface area (Å²) in [5.74, 6) is -0.263. The molecule has 4 heteroatoms. The van der Waals surface area contributed by atoms with Crippen molar-refractivity contribution in [1.82, 2.24) is 4.57 Å². The van der Waals surface area contributed by atoms with Crippen LogP contribution in [-0.2, 0) is 11.3 Å². The molecule has 0 aliphatic carbocycles. The zero-order valence-corrected chi connectivity index (χ0v) is 7.36. The first-order valence-corrected chi connectivity index (χ1v) is 3.99. The third-order valence-corrected chi connectivity index (χ3v) is 1.70. The minimum absolute atomic E-state index is 0.0234. The first kappa shape index (κ1) is 9.51. The van der Waals surface area contributed by atoms with Crippen molar-refractivity contribution in [3.8, 4) is 5.75 Å². The van der Waals surface area contributed by atoms with Crippen molar-refractivity contribution in [2.24, 2.45) is 0 Å². The lowest BCUT2D eigenvalue weighted by Crippen LogP contribution is -2.19. The number of carbonyl (C=O) groups excluding carboxylic acids is 1. The highest BCUT2D eigenvalue weighted by Crippen LogP contribution is 1.98. The van der Waals surface area contributed by atoms with Crippen molar-refractivity contribution in [3.05, 3.63) is 28.7 Å². The van der Waals surface area contributed by atoms with E-state index in [4.69, 9.17) is 5.11 Å². The van der Waals surface area contributed by atoms with Gasteiger partial charge in [-0.25, -0.2) is 0 Å². The molecule has 70 valence electrons. The molecule has 0 saturated carbocycles. The Kier molecular flexibility index (Phi) is 2.84. The highest BCUT2D eigenvalue weighted by atomic mass is 16.3. The average Bonchev–Trinajstić information content (AvgIpc) is 2.07. The van der Waals surface area contributed by atoms with Gasteiger partial charge in [0.2, 0.25) is 0 Å². The molecule has 1 aromatic heterocycles. The summed E-state index contributed by atoms with van der Waals surface area (Å²) in [5.41, 5.74) is -0.455. The monoisotopic (exact) mass is 181 g/mol. The summed E-state index contributed by atoms with van der Waals surface area (Å²) >= 11 is 0. The van der Waals surface area contributed by atoms with Gasteiger partial charge >= 0.3 is 0 Å². The molecule has 0 amide bonds. The normalized spacial score (nSPS) is 9.92. The third-order valence-electron chi connectivity index (χ3n) is 1.70. The third kappa shape index (κ3) is 2.43. The Morgan fingerprint density at radius 3 is 2.92 bits per heavy atom. The van der Waals surface area contributed by atoms with Crippen molar-refractivity contribution in [2.75, 3.05) is 0 Å². The molecule has 0 fully saturated rings. The van der Waals surface area contributed by atoms with Crippen molar-refractivity contribution in [2.45, 2.75) is 19.9 Å². The smallest absolute Gasteiger partial charge is 0.292 e. The van der Waals surface area contributed by atoms with Gasteiger partial charge in [0.05, 0.1) is 0 Å². The van der Waals surface area contributed by atoms with Gasteiger partial charge in [-0.3, -0.25) is 9.59 Å². The molecule has 0 bridgehead atoms. The topological polar surface area (TPSA) is 59.3 Å². The van der Waals surface area contributed by atoms with Gasteiger partial charge in [0.15, 0.2) is 5.75 Å². The molecular weight excluding hydrogens is 170 g/mol. The largest absolute Gasteiger partial charge is 0.503 e. The number of ketones is 1. The number of aromatic nitrogens is 1. The maximum atomic E-state index is 11.2. The lowest BCUT2D eigenvalue weighted by atomic mass is 10.3. The molecule has 0 unspecified atom stereocenters. The van der Waals surface area contributed by atoms with Crippen molar-refractivity contribution >= 4 is 5.78 Å². The van der Waals surface area contributed by atoms with Crippen molar-refractivity contribution in [3.63, 3.8) is 0 Å². The fourth-order valence-corrected chi connectivity index (χ4v) is 0.978. The number of pyridine rings is 1. The van der Waals surface area contributed by atoms with E-state index in [1.54, 1.807) is 12.3 Å². The number of rotatable bonds is 3. The van der Waals surface area contributed by atoms with Crippen LogP contribution in [-0.4, -0.2) is 15.5 Å². The quantitative estimate of drug-likeness (QED) is 0.740. The van der Waals surface area contributed by atoms with Crippen LogP contribution >= 0.6 is 0 Å². The second kappa shape index (κ2) is 3.89. The minimum Gasteiger partial charge on any atom is -0.503 e. The van der Waals surface area contributed by atoms with Crippen LogP contribution in [0.15, 0.2) is 23.1 Å². The fourth-order valence-electron chi connectivity index (χ4n) is 0.978. The molecule has 0 saturated heterocycles. The van der Waals surface area contributed by atoms with Crippen LogP contribution in [0.2, 0.25) is 0 Å². The maximum Gasteiger partial charge on any atom is 0.292 e. The van der Waals surface area contributed by atoms with E-state index in [0.717, 1.165) is 0 Å². The van der Waals surface area contributed by atoms with E-state index in [1.807, 2.05) is 0 Å². The van der Waals surface area contributed by atoms with Gasteiger partial charge < -0.3 is 9.67 Å². The Morgan fingerprint density at radius 1 is 1.62 bits per heavy atom. The number of nitrogens with zero attached hydrogens (tertiary/aromatic N) is 1. The van der Waals surface area contributed by atoms with Crippen LogP contribution in [0.3, 0.4) is 0 Å². The maximum absolute atomic E-state index is 11.2. The number of aromatic hydroxyl groups is 1. The van der Waals surface area contributed by atoms with Gasteiger partial charge in [0.1, 0.15) is 5.78 Å². The van der Waals surface area contributed by atoms with E-state index in [9.17, 15) is 9.59 Å². The molecule has 0 aliphatic heterocycles. The number of Topliss-reactive ketones (excluding diaryl/α,β-unsaturated/α-hetero) is 1. The molecule has 0 spiro atoms. The van der Waals surface area contributed by atoms with E-state index < -0.39 is 5.56 Å². The minimum atomic E-state index is -0.455. The van der Waals surface area contributed by atoms with Crippen LogP contribution in [0.4, 0.5) is 0 Å². The summed E-state index contributed by atoms with van der Waals surface area (Å²) in [7, 11) is 0. The highest BCUT2D eigenvalue weighted by Gasteiger charge is 2.01. The van der Waals surface area contributed by atoms with Crippen LogP contribution in [0, 0.1) is 0 Å². The first-order valence-electron chi connectivity index (χ1n) is 3.99. The summed E-state index contributed by atoms with van der Waals surface area (Å²) in [6.45, 7) is 1.79. The standard InChI is InChI=1S/C9H11NO3/c1-7(11)4-6-10-5-2-3-8(12)9(10)13/h2-3,5,12H,4,6H2,1H3. The summed E-state index contributed by atoms with van der Waals surface area (Å²) in [5, 5.41) is 9.05. The van der Waals surface area contributed by atoms with E-state index in [2.05, 4.69) is 0 Å². The van der Waals surface area contributed by atoms with E-state index in [0.29, 0.717) is 13.0 Å². The van der Waals surface area contributed by atoms with Crippen molar-refractivity contribution in [1.29, 1.82) is 0 Å². The highest BCUT2D eigenvalue weighted by molar-refractivity contribution is 5.75. The first-order chi connectivity index (χ1) is 6.11. The van der Waals surface area contributed by atoms with Crippen LogP contribution < -0.4 is 5.56 Å². The molecule has 13 heavy (non-hydrogen) atoms. The molecule has 0 aliphatic rings. The van der Waals surface area contributed by atoms with Gasteiger partial charge in [0.25, 0.3) is 5.56 Å². The molecule has 1 aromatic rings. The summed E-state index contributed by atoms with van der Waals surface area (Å²) in [4.78, 5) is 21.8. The predicted molar refractivity (Wildman–Crippen MR) is 47.7 cm³/mol. The van der Waals surface area contributed by atoms with Gasteiger partial charge in [-0.1, -0.05) is 0 Å². The molecule has 0 radical (unpaired) electrons. The van der Waals surface area contributed by atoms with E-state index >= 15 is 0 Å². The molecule has 0 aromatic carbocycles. The molecule has 1 heterocycles. The number of hydrogen-bond donors (Lipinski definition) is 1. The lowest BCUT2D eigenvalue weighted by Gasteiger charge is -2.02. The number of carbonyl (C=O) groups is 1. The molecular formula is C9H11NO3. The average molecular weight is 181 g/mol.